The normalized spacial score (nSPS) is 11.5. The molecule has 0 saturated heterocycles. The van der Waals surface area contributed by atoms with Gasteiger partial charge in [0.2, 0.25) is 0 Å². The Morgan fingerprint density at radius 3 is 2.04 bits per heavy atom. The van der Waals surface area contributed by atoms with Crippen molar-refractivity contribution >= 4 is 38.3 Å². The van der Waals surface area contributed by atoms with Gasteiger partial charge in [0, 0.05) is 5.56 Å². The van der Waals surface area contributed by atoms with Gasteiger partial charge in [-0.1, -0.05) is 12.1 Å². The van der Waals surface area contributed by atoms with Crippen LogP contribution in [-0.2, 0) is 0 Å². The summed E-state index contributed by atoms with van der Waals surface area (Å²) in [5, 5.41) is 1.09. The molecule has 0 amide bonds. The molecule has 0 radical (unpaired) electrons. The Hall–Kier alpha value is -1.06. The van der Waals surface area contributed by atoms with Gasteiger partial charge < -0.3 is 4.74 Å². The van der Waals surface area contributed by atoms with Crippen LogP contribution in [0, 0.1) is 34.6 Å². The molecule has 1 unspecified atom stereocenters. The summed E-state index contributed by atoms with van der Waals surface area (Å²) in [6.45, 7) is 16.4. The van der Waals surface area contributed by atoms with Crippen LogP contribution in [0.4, 0.5) is 0 Å². The molecule has 0 aromatic heterocycles. The molecule has 26 heavy (non-hydrogen) atoms. The maximum absolute atomic E-state index is 13.0. The predicted octanol–water partition coefficient (Wildman–Crippen LogP) is 4.90. The van der Waals surface area contributed by atoms with E-state index in [0.717, 1.165) is 33.3 Å². The molecular weight excluding hydrogens is 334 g/mol. The summed E-state index contributed by atoms with van der Waals surface area (Å²) in [6.07, 6.45) is 0. The number of aryl methyl sites for hydroxylation is 3. The van der Waals surface area contributed by atoms with E-state index >= 15 is 0 Å². The van der Waals surface area contributed by atoms with Crippen LogP contribution in [-0.4, -0.2) is 30.0 Å². The SMILES string of the molecule is Cc1cc(OC(C)(C)C)ccc1PC(=O)c1c(C)cc(C)c(C)c1C.[LiH]. The number of rotatable bonds is 4. The first kappa shape index (κ1) is 23.0. The molecule has 136 valence electrons. The van der Waals surface area contributed by atoms with Crippen molar-refractivity contribution < 1.29 is 9.53 Å². The van der Waals surface area contributed by atoms with E-state index in [0.29, 0.717) is 0 Å². The van der Waals surface area contributed by atoms with Crippen LogP contribution in [0.5, 0.6) is 5.75 Å². The fourth-order valence-electron chi connectivity index (χ4n) is 3.01. The van der Waals surface area contributed by atoms with E-state index in [-0.39, 0.29) is 38.6 Å². The number of hydrogen-bond donors (Lipinski definition) is 0. The molecule has 0 fully saturated rings. The topological polar surface area (TPSA) is 26.3 Å². The third kappa shape index (κ3) is 5.47. The van der Waals surface area contributed by atoms with Crippen LogP contribution >= 0.6 is 8.58 Å². The fourth-order valence-corrected chi connectivity index (χ4v) is 4.20. The summed E-state index contributed by atoms with van der Waals surface area (Å²) < 4.78 is 5.91. The van der Waals surface area contributed by atoms with Crippen molar-refractivity contribution in [2.24, 2.45) is 0 Å². The standard InChI is InChI=1S/C22H29O2P.Li.H/c1-13-11-15(3)20(17(5)16(13)4)21(23)25-19-10-9-18(12-14(19)2)24-22(6,7)8;;/h9-12,25H,1-8H3;;. The van der Waals surface area contributed by atoms with E-state index in [4.69, 9.17) is 4.74 Å². The van der Waals surface area contributed by atoms with Crippen LogP contribution in [0.1, 0.15) is 58.9 Å². The van der Waals surface area contributed by atoms with Crippen LogP contribution < -0.4 is 10.0 Å². The van der Waals surface area contributed by atoms with Gasteiger partial charge >= 0.3 is 18.9 Å². The second-order valence-electron chi connectivity index (χ2n) is 7.78. The molecule has 0 bridgehead atoms. The zero-order valence-electron chi connectivity index (χ0n) is 16.6. The number of hydrogen-bond acceptors (Lipinski definition) is 2. The minimum atomic E-state index is -0.223. The number of carbonyl (C=O) groups excluding carboxylic acids is 1. The van der Waals surface area contributed by atoms with Gasteiger partial charge in [-0.05, 0) is 109 Å². The number of ether oxygens (including phenoxy) is 1. The minimum absolute atomic E-state index is 0. The van der Waals surface area contributed by atoms with E-state index in [1.807, 2.05) is 52.8 Å². The van der Waals surface area contributed by atoms with Gasteiger partial charge in [-0.3, -0.25) is 4.79 Å². The summed E-state index contributed by atoms with van der Waals surface area (Å²) in [5.74, 6) is 0.851. The molecular formula is C22H30LiO2P. The third-order valence-electron chi connectivity index (χ3n) is 4.45. The van der Waals surface area contributed by atoms with Crippen molar-refractivity contribution in [2.45, 2.75) is 61.0 Å². The zero-order chi connectivity index (χ0) is 18.9. The average molecular weight is 364 g/mol. The summed E-state index contributed by atoms with van der Waals surface area (Å²) in [6, 6.07) is 8.14. The number of benzene rings is 2. The average Bonchev–Trinajstić information content (AvgIpc) is 2.46. The molecule has 0 N–H and O–H groups in total. The van der Waals surface area contributed by atoms with Crippen molar-refractivity contribution in [3.63, 3.8) is 0 Å². The van der Waals surface area contributed by atoms with Gasteiger partial charge in [0.05, 0.1) is 0 Å². The van der Waals surface area contributed by atoms with E-state index in [2.05, 4.69) is 26.8 Å². The van der Waals surface area contributed by atoms with Crippen molar-refractivity contribution in [1.29, 1.82) is 0 Å². The molecule has 2 aromatic rings. The fraction of sp³-hybridized carbons (Fsp3) is 0.409. The summed E-state index contributed by atoms with van der Waals surface area (Å²) in [4.78, 5) is 13.0. The molecule has 4 heteroatoms. The molecule has 2 nitrogen and oxygen atoms in total. The van der Waals surface area contributed by atoms with Gasteiger partial charge in [-0.15, -0.1) is 0 Å². The Bertz CT molecular complexity index is 820. The first-order valence-corrected chi connectivity index (χ1v) is 9.68. The first-order valence-electron chi connectivity index (χ1n) is 8.68. The van der Waals surface area contributed by atoms with Crippen LogP contribution in [0.15, 0.2) is 24.3 Å². The molecule has 0 saturated carbocycles. The van der Waals surface area contributed by atoms with Crippen LogP contribution in [0.2, 0.25) is 0 Å². The summed E-state index contributed by atoms with van der Waals surface area (Å²) >= 11 is 0. The third-order valence-corrected chi connectivity index (χ3v) is 5.76. The molecule has 0 aliphatic rings. The molecule has 2 aromatic carbocycles. The zero-order valence-corrected chi connectivity index (χ0v) is 17.6. The Kier molecular flexibility index (Phi) is 7.73. The first-order chi connectivity index (χ1) is 11.5. The van der Waals surface area contributed by atoms with E-state index in [1.54, 1.807) is 0 Å². The van der Waals surface area contributed by atoms with Crippen LogP contribution in [0.3, 0.4) is 0 Å². The van der Waals surface area contributed by atoms with Crippen molar-refractivity contribution in [1.82, 2.24) is 0 Å². The molecule has 0 spiro atoms. The van der Waals surface area contributed by atoms with Crippen molar-refractivity contribution in [2.75, 3.05) is 0 Å². The Morgan fingerprint density at radius 1 is 0.885 bits per heavy atom. The van der Waals surface area contributed by atoms with Gasteiger partial charge in [0.1, 0.15) is 11.4 Å². The van der Waals surface area contributed by atoms with Gasteiger partial charge in [0.25, 0.3) is 0 Å². The Morgan fingerprint density at radius 2 is 1.50 bits per heavy atom. The molecule has 2 rings (SSSR count). The van der Waals surface area contributed by atoms with E-state index in [9.17, 15) is 4.79 Å². The van der Waals surface area contributed by atoms with Gasteiger partial charge in [-0.25, -0.2) is 0 Å². The predicted molar refractivity (Wildman–Crippen MR) is 116 cm³/mol. The molecule has 0 aliphatic carbocycles. The van der Waals surface area contributed by atoms with Crippen molar-refractivity contribution in [3.05, 3.63) is 57.6 Å². The summed E-state index contributed by atoms with van der Waals surface area (Å²) in [5.41, 5.74) is 6.62. The van der Waals surface area contributed by atoms with Crippen LogP contribution in [0.25, 0.3) is 0 Å². The Balaban J connectivity index is 0.00000338. The maximum atomic E-state index is 13.0. The molecule has 0 aliphatic heterocycles. The van der Waals surface area contributed by atoms with E-state index in [1.165, 1.54) is 11.1 Å². The van der Waals surface area contributed by atoms with Crippen molar-refractivity contribution in [3.8, 4) is 5.75 Å². The second kappa shape index (κ2) is 8.75. The second-order valence-corrected chi connectivity index (χ2v) is 9.02. The summed E-state index contributed by atoms with van der Waals surface area (Å²) in [7, 11) is 0.130. The monoisotopic (exact) mass is 364 g/mol. The molecule has 0 heterocycles. The van der Waals surface area contributed by atoms with Gasteiger partial charge in [-0.2, -0.15) is 0 Å². The van der Waals surface area contributed by atoms with E-state index < -0.39 is 0 Å². The number of carbonyl (C=O) groups is 1. The van der Waals surface area contributed by atoms with Gasteiger partial charge in [0.15, 0.2) is 5.52 Å². The molecule has 1 atom stereocenters. The Labute approximate surface area is 172 Å². The quantitative estimate of drug-likeness (QED) is 0.570.